The molecule has 1 unspecified atom stereocenters. The van der Waals surface area contributed by atoms with Crippen LogP contribution in [0.4, 0.5) is 10.5 Å². The first-order chi connectivity index (χ1) is 22.3. The molecule has 47 heavy (non-hydrogen) atoms. The van der Waals surface area contributed by atoms with Crippen molar-refractivity contribution >= 4 is 58.5 Å². The number of nitrogens with one attached hydrogen (secondary N) is 3. The number of halogens is 2. The molecule has 3 aromatic carbocycles. The molecule has 2 atom stereocenters. The highest BCUT2D eigenvalue weighted by atomic mass is 35.5. The normalized spacial score (nSPS) is 14.7. The van der Waals surface area contributed by atoms with Crippen LogP contribution in [0.5, 0.6) is 0 Å². The zero-order valence-corrected chi connectivity index (χ0v) is 28.0. The Bertz CT molecular complexity index is 1630. The van der Waals surface area contributed by atoms with Crippen LogP contribution in [-0.2, 0) is 32.1 Å². The summed E-state index contributed by atoms with van der Waals surface area (Å²) in [5.74, 6) is -1.64. The fourth-order valence-corrected chi connectivity index (χ4v) is 5.42. The molecule has 0 aromatic heterocycles. The minimum atomic E-state index is -1.11. The molecule has 248 valence electrons. The quantitative estimate of drug-likeness (QED) is 0.214. The maximum absolute atomic E-state index is 13.9. The number of rotatable bonds is 11. The third-order valence-corrected chi connectivity index (χ3v) is 8.19. The van der Waals surface area contributed by atoms with Crippen molar-refractivity contribution < 1.29 is 28.7 Å². The van der Waals surface area contributed by atoms with Gasteiger partial charge >= 0.3 is 6.09 Å². The van der Waals surface area contributed by atoms with Crippen LogP contribution in [0.15, 0.2) is 72.8 Å². The lowest BCUT2D eigenvalue weighted by atomic mass is 9.92. The van der Waals surface area contributed by atoms with Crippen LogP contribution in [0.3, 0.4) is 0 Å². The van der Waals surface area contributed by atoms with Gasteiger partial charge in [-0.25, -0.2) is 4.79 Å². The second-order valence-corrected chi connectivity index (χ2v) is 13.0. The van der Waals surface area contributed by atoms with E-state index in [-0.39, 0.29) is 55.5 Å². The second kappa shape index (κ2) is 15.9. The number of hydrogen-bond acceptors (Lipinski definition) is 6. The molecule has 0 radical (unpaired) electrons. The predicted octanol–water partition coefficient (Wildman–Crippen LogP) is 5.95. The number of nitrogens with zero attached hydrogens (tertiary/aromatic N) is 1. The van der Waals surface area contributed by atoms with Gasteiger partial charge in [-0.3, -0.25) is 19.2 Å². The third kappa shape index (κ3) is 10.3. The molecule has 1 heterocycles. The fraction of sp³-hybridized carbons (Fsp3) is 0.343. The SMILES string of the molecule is CC(C)(C)OC(=O)NCC[C@H](NC(=O)C1Cc2ccccc2CN1C(=O)CCC(=O)c1ccccc1)C(=O)Nc1ccc(Cl)c(Cl)c1. The van der Waals surface area contributed by atoms with Crippen LogP contribution < -0.4 is 16.0 Å². The van der Waals surface area contributed by atoms with E-state index in [1.54, 1.807) is 51.1 Å². The van der Waals surface area contributed by atoms with Gasteiger partial charge in [0.1, 0.15) is 17.7 Å². The molecule has 4 amide bonds. The number of ketones is 1. The Morgan fingerprint density at radius 3 is 2.26 bits per heavy atom. The number of hydrogen-bond donors (Lipinski definition) is 3. The van der Waals surface area contributed by atoms with Crippen molar-refractivity contribution in [2.24, 2.45) is 0 Å². The summed E-state index contributed by atoms with van der Waals surface area (Å²) < 4.78 is 5.28. The molecule has 1 aliphatic heterocycles. The van der Waals surface area contributed by atoms with Gasteiger partial charge in [0.2, 0.25) is 17.7 Å². The zero-order chi connectivity index (χ0) is 34.1. The molecule has 1 aliphatic rings. The highest BCUT2D eigenvalue weighted by Gasteiger charge is 2.36. The molecular formula is C35H38Cl2N4O6. The lowest BCUT2D eigenvalue weighted by Gasteiger charge is -2.37. The second-order valence-electron chi connectivity index (χ2n) is 12.2. The van der Waals surface area contributed by atoms with E-state index in [1.807, 2.05) is 30.3 Å². The van der Waals surface area contributed by atoms with Crippen LogP contribution in [0, 0.1) is 0 Å². The Morgan fingerprint density at radius 2 is 1.57 bits per heavy atom. The van der Waals surface area contributed by atoms with Crippen molar-refractivity contribution in [3.8, 4) is 0 Å². The number of carbonyl (C=O) groups is 5. The van der Waals surface area contributed by atoms with Gasteiger partial charge in [-0.15, -0.1) is 0 Å². The van der Waals surface area contributed by atoms with Gasteiger partial charge in [-0.05, 0) is 56.5 Å². The summed E-state index contributed by atoms with van der Waals surface area (Å²) in [7, 11) is 0. The number of Topliss-reactive ketones (excluding diaryl/α,β-unsaturated/α-hetero) is 1. The van der Waals surface area contributed by atoms with Gasteiger partial charge in [0.15, 0.2) is 5.78 Å². The summed E-state index contributed by atoms with van der Waals surface area (Å²) in [6.07, 6.45) is -0.530. The van der Waals surface area contributed by atoms with Gasteiger partial charge in [0, 0.05) is 43.6 Å². The maximum Gasteiger partial charge on any atom is 0.407 e. The molecular weight excluding hydrogens is 643 g/mol. The molecule has 0 spiro atoms. The lowest BCUT2D eigenvalue weighted by molar-refractivity contribution is -0.142. The number of fused-ring (bicyclic) bond motifs is 1. The van der Waals surface area contributed by atoms with E-state index >= 15 is 0 Å². The molecule has 3 N–H and O–H groups in total. The Kier molecular flexibility index (Phi) is 12.0. The van der Waals surface area contributed by atoms with E-state index < -0.39 is 35.6 Å². The Balaban J connectivity index is 1.51. The lowest BCUT2D eigenvalue weighted by Crippen LogP contribution is -2.56. The average molecular weight is 682 g/mol. The van der Waals surface area contributed by atoms with Crippen LogP contribution >= 0.6 is 23.2 Å². The van der Waals surface area contributed by atoms with Crippen LogP contribution in [0.2, 0.25) is 10.0 Å². The van der Waals surface area contributed by atoms with Gasteiger partial charge in [0.05, 0.1) is 10.0 Å². The first-order valence-corrected chi connectivity index (χ1v) is 16.0. The Hall–Kier alpha value is -4.41. The molecule has 0 fully saturated rings. The van der Waals surface area contributed by atoms with Crippen LogP contribution in [-0.4, -0.2) is 58.7 Å². The number of ether oxygens (including phenoxy) is 1. The van der Waals surface area contributed by atoms with Crippen LogP contribution in [0.25, 0.3) is 0 Å². The highest BCUT2D eigenvalue weighted by Crippen LogP contribution is 2.26. The molecule has 0 saturated heterocycles. The van der Waals surface area contributed by atoms with Crippen molar-refractivity contribution in [3.05, 3.63) is 99.5 Å². The van der Waals surface area contributed by atoms with Gasteiger partial charge in [-0.1, -0.05) is 77.8 Å². The van der Waals surface area contributed by atoms with Crippen molar-refractivity contribution in [3.63, 3.8) is 0 Å². The van der Waals surface area contributed by atoms with E-state index in [2.05, 4.69) is 16.0 Å². The maximum atomic E-state index is 13.9. The first-order valence-electron chi connectivity index (χ1n) is 15.3. The third-order valence-electron chi connectivity index (χ3n) is 7.45. The Morgan fingerprint density at radius 1 is 0.894 bits per heavy atom. The summed E-state index contributed by atoms with van der Waals surface area (Å²) >= 11 is 12.1. The summed E-state index contributed by atoms with van der Waals surface area (Å²) in [4.78, 5) is 67.4. The highest BCUT2D eigenvalue weighted by molar-refractivity contribution is 6.42. The average Bonchev–Trinajstić information content (AvgIpc) is 3.03. The van der Waals surface area contributed by atoms with Crippen molar-refractivity contribution in [1.82, 2.24) is 15.5 Å². The van der Waals surface area contributed by atoms with Gasteiger partial charge in [-0.2, -0.15) is 0 Å². The molecule has 4 rings (SSSR count). The van der Waals surface area contributed by atoms with E-state index in [9.17, 15) is 24.0 Å². The minimum absolute atomic E-state index is 0.00635. The number of anilines is 1. The van der Waals surface area contributed by atoms with E-state index in [4.69, 9.17) is 27.9 Å². The summed E-state index contributed by atoms with van der Waals surface area (Å²) in [5.41, 5.74) is 1.95. The number of alkyl carbamates (subject to hydrolysis) is 1. The summed E-state index contributed by atoms with van der Waals surface area (Å²) in [6.45, 7) is 5.37. The Labute approximate surface area is 284 Å². The van der Waals surface area contributed by atoms with E-state index in [0.29, 0.717) is 16.3 Å². The monoisotopic (exact) mass is 680 g/mol. The number of amides is 4. The smallest absolute Gasteiger partial charge is 0.407 e. The van der Waals surface area contributed by atoms with Gasteiger partial charge < -0.3 is 25.6 Å². The summed E-state index contributed by atoms with van der Waals surface area (Å²) in [5, 5.41) is 8.69. The van der Waals surface area contributed by atoms with Crippen molar-refractivity contribution in [2.75, 3.05) is 11.9 Å². The first kappa shape index (κ1) is 35.4. The van der Waals surface area contributed by atoms with E-state index in [1.165, 1.54) is 17.0 Å². The molecule has 12 heteroatoms. The summed E-state index contributed by atoms with van der Waals surface area (Å²) in [6, 6.07) is 18.8. The fourth-order valence-electron chi connectivity index (χ4n) is 5.12. The standard InChI is InChI=1S/C35H38Cl2N4O6/c1-35(2,3)47-34(46)38-18-17-28(32(44)39-25-13-14-26(36)27(37)20-25)40-33(45)29-19-23-11-7-8-12-24(23)21-41(29)31(43)16-15-30(42)22-9-5-4-6-10-22/h4-14,20,28-29H,15-19,21H2,1-3H3,(H,38,46)(H,39,44)(H,40,45)/t28-,29?/m0/s1. The van der Waals surface area contributed by atoms with Crippen LogP contribution in [0.1, 0.15) is 61.5 Å². The predicted molar refractivity (Wildman–Crippen MR) is 180 cm³/mol. The van der Waals surface area contributed by atoms with Crippen molar-refractivity contribution in [1.29, 1.82) is 0 Å². The van der Waals surface area contributed by atoms with E-state index in [0.717, 1.165) is 11.1 Å². The topological polar surface area (TPSA) is 134 Å². The number of benzene rings is 3. The minimum Gasteiger partial charge on any atom is -0.444 e. The molecule has 10 nitrogen and oxygen atoms in total. The van der Waals surface area contributed by atoms with Gasteiger partial charge in [0.25, 0.3) is 0 Å². The van der Waals surface area contributed by atoms with Crippen molar-refractivity contribution in [2.45, 2.75) is 70.7 Å². The molecule has 3 aromatic rings. The molecule has 0 aliphatic carbocycles. The largest absolute Gasteiger partial charge is 0.444 e. The molecule has 0 bridgehead atoms. The zero-order valence-electron chi connectivity index (χ0n) is 26.5. The molecule has 0 saturated carbocycles. The number of carbonyl (C=O) groups excluding carboxylic acids is 5.